The lowest BCUT2D eigenvalue weighted by Gasteiger charge is -2.23. The maximum Gasteiger partial charge on any atom is 0.228 e. The van der Waals surface area contributed by atoms with Crippen LogP contribution in [0.4, 0.5) is 5.95 Å². The average molecular weight is 546 g/mol. The molecule has 2 aromatic carbocycles. The summed E-state index contributed by atoms with van der Waals surface area (Å²) in [6.07, 6.45) is 6.31. The van der Waals surface area contributed by atoms with Crippen LogP contribution in [0.15, 0.2) is 54.9 Å². The van der Waals surface area contributed by atoms with Gasteiger partial charge in [-0.1, -0.05) is 37.3 Å². The minimum Gasteiger partial charge on any atom is -0.437 e. The van der Waals surface area contributed by atoms with Crippen LogP contribution < -0.4 is 15.4 Å². The molecule has 0 bridgehead atoms. The van der Waals surface area contributed by atoms with Crippen molar-refractivity contribution in [3.63, 3.8) is 0 Å². The number of hydrogen-bond donors (Lipinski definition) is 2. The molecule has 8 nitrogen and oxygen atoms in total. The second-order valence-electron chi connectivity index (χ2n) is 10.2. The van der Waals surface area contributed by atoms with Crippen molar-refractivity contribution in [1.29, 1.82) is 0 Å². The van der Waals surface area contributed by atoms with Crippen molar-refractivity contribution in [3.8, 4) is 22.9 Å². The average Bonchev–Trinajstić information content (AvgIpc) is 2.91. The Balaban J connectivity index is 1.51. The summed E-state index contributed by atoms with van der Waals surface area (Å²) in [7, 11) is -3.20. The van der Waals surface area contributed by atoms with Crippen molar-refractivity contribution in [3.05, 3.63) is 71.5 Å². The van der Waals surface area contributed by atoms with Gasteiger partial charge in [0.15, 0.2) is 9.84 Å². The van der Waals surface area contributed by atoms with Gasteiger partial charge in [-0.2, -0.15) is 0 Å². The second-order valence-corrected chi connectivity index (χ2v) is 12.4. The Kier molecular flexibility index (Phi) is 8.09. The molecule has 1 saturated heterocycles. The fourth-order valence-electron chi connectivity index (χ4n) is 5.04. The second kappa shape index (κ2) is 11.7. The number of fused-ring (bicyclic) bond motifs is 1. The van der Waals surface area contributed by atoms with Gasteiger partial charge >= 0.3 is 0 Å². The first-order valence-corrected chi connectivity index (χ1v) is 15.3. The highest BCUT2D eigenvalue weighted by molar-refractivity contribution is 7.90. The van der Waals surface area contributed by atoms with Gasteiger partial charge in [0.05, 0.1) is 22.8 Å². The van der Waals surface area contributed by atoms with Gasteiger partial charge in [0, 0.05) is 30.4 Å². The van der Waals surface area contributed by atoms with E-state index in [9.17, 15) is 8.42 Å². The normalized spacial score (nSPS) is 15.8. The van der Waals surface area contributed by atoms with Gasteiger partial charge in [-0.05, 0) is 73.9 Å². The molecular formula is C30H35N5O3S. The minimum absolute atomic E-state index is 0.00192. The van der Waals surface area contributed by atoms with E-state index in [0.717, 1.165) is 59.0 Å². The third-order valence-electron chi connectivity index (χ3n) is 6.94. The summed E-state index contributed by atoms with van der Waals surface area (Å²) in [4.78, 5) is 13.9. The van der Waals surface area contributed by atoms with Crippen LogP contribution >= 0.6 is 0 Å². The lowest BCUT2D eigenvalue weighted by molar-refractivity contribution is 0.466. The number of hydrogen-bond acceptors (Lipinski definition) is 8. The first kappa shape index (κ1) is 27.0. The Labute approximate surface area is 230 Å². The van der Waals surface area contributed by atoms with E-state index in [4.69, 9.17) is 9.72 Å². The lowest BCUT2D eigenvalue weighted by atomic mass is 10.0. The largest absolute Gasteiger partial charge is 0.437 e. The number of anilines is 1. The maximum atomic E-state index is 12.6. The zero-order chi connectivity index (χ0) is 27.4. The highest BCUT2D eigenvalue weighted by Crippen LogP contribution is 2.38. The van der Waals surface area contributed by atoms with Crippen LogP contribution in [0.1, 0.15) is 42.9 Å². The molecule has 5 rings (SSSR count). The van der Waals surface area contributed by atoms with Gasteiger partial charge in [0.1, 0.15) is 5.75 Å². The van der Waals surface area contributed by atoms with Crippen LogP contribution in [0.3, 0.4) is 0 Å². The van der Waals surface area contributed by atoms with Gasteiger partial charge in [0.25, 0.3) is 0 Å². The van der Waals surface area contributed by atoms with Crippen LogP contribution in [0.25, 0.3) is 22.0 Å². The van der Waals surface area contributed by atoms with Crippen molar-refractivity contribution < 1.29 is 13.2 Å². The fourth-order valence-corrected chi connectivity index (χ4v) is 6.53. The number of aryl methyl sites for hydroxylation is 2. The van der Waals surface area contributed by atoms with Crippen molar-refractivity contribution in [2.24, 2.45) is 0 Å². The highest BCUT2D eigenvalue weighted by Gasteiger charge is 2.19. The zero-order valence-electron chi connectivity index (χ0n) is 22.7. The molecule has 0 aliphatic carbocycles. The minimum atomic E-state index is -3.20. The van der Waals surface area contributed by atoms with E-state index in [1.807, 2.05) is 63.2 Å². The van der Waals surface area contributed by atoms with Crippen LogP contribution in [0.2, 0.25) is 0 Å². The number of nitrogens with one attached hydrogen (secondary N) is 2. The number of aromatic nitrogens is 3. The Morgan fingerprint density at radius 1 is 1.10 bits per heavy atom. The topological polar surface area (TPSA) is 106 Å². The van der Waals surface area contributed by atoms with E-state index in [1.54, 1.807) is 12.4 Å². The van der Waals surface area contributed by atoms with E-state index in [2.05, 4.69) is 20.6 Å². The third-order valence-corrected chi connectivity index (χ3v) is 8.72. The van der Waals surface area contributed by atoms with Gasteiger partial charge < -0.3 is 15.4 Å². The molecule has 2 N–H and O–H groups in total. The van der Waals surface area contributed by atoms with E-state index in [0.29, 0.717) is 29.7 Å². The fraction of sp³-hybridized carbons (Fsp3) is 0.367. The molecule has 39 heavy (non-hydrogen) atoms. The standard InChI is InChI=1S/C30H35N5O3S/c1-4-15-39(36,37)19-22-7-5-9-25-24(22)11-10-21(3)28(25)38-29-26(16-20(2)17-33-29)27-12-14-32-30(35-27)34-23-8-6-13-31-18-23/h5,7,9-12,14,16-17,23,31H,4,6,8,13,15,18-19H2,1-3H3,(H,32,34,35)/t23-/m0/s1. The van der Waals surface area contributed by atoms with E-state index < -0.39 is 9.84 Å². The Morgan fingerprint density at radius 2 is 1.97 bits per heavy atom. The maximum absolute atomic E-state index is 12.6. The van der Waals surface area contributed by atoms with Crippen molar-refractivity contribution in [1.82, 2.24) is 20.3 Å². The zero-order valence-corrected chi connectivity index (χ0v) is 23.5. The highest BCUT2D eigenvalue weighted by atomic mass is 32.2. The number of piperidine rings is 1. The molecule has 1 fully saturated rings. The summed E-state index contributed by atoms with van der Waals surface area (Å²) < 4.78 is 31.8. The summed E-state index contributed by atoms with van der Waals surface area (Å²) in [5.41, 5.74) is 4.16. The summed E-state index contributed by atoms with van der Waals surface area (Å²) in [5.74, 6) is 1.84. The number of pyridine rings is 1. The van der Waals surface area contributed by atoms with Crippen molar-refractivity contribution >= 4 is 26.6 Å². The van der Waals surface area contributed by atoms with E-state index >= 15 is 0 Å². The first-order valence-electron chi connectivity index (χ1n) is 13.5. The molecule has 1 atom stereocenters. The summed E-state index contributed by atoms with van der Waals surface area (Å²) in [5, 5.41) is 8.56. The summed E-state index contributed by atoms with van der Waals surface area (Å²) >= 11 is 0. The number of sulfone groups is 1. The molecule has 0 saturated carbocycles. The molecule has 0 unspecified atom stereocenters. The third kappa shape index (κ3) is 6.37. The summed E-state index contributed by atoms with van der Waals surface area (Å²) in [6, 6.07) is 13.8. The molecule has 4 aromatic rings. The van der Waals surface area contributed by atoms with Gasteiger partial charge in [-0.15, -0.1) is 0 Å². The van der Waals surface area contributed by atoms with E-state index in [-0.39, 0.29) is 17.5 Å². The Bertz CT molecular complexity index is 1580. The van der Waals surface area contributed by atoms with Crippen LogP contribution in [0, 0.1) is 13.8 Å². The van der Waals surface area contributed by atoms with Gasteiger partial charge in [-0.25, -0.2) is 23.4 Å². The molecule has 1 aliphatic rings. The van der Waals surface area contributed by atoms with Crippen LogP contribution in [-0.4, -0.2) is 48.3 Å². The van der Waals surface area contributed by atoms with Crippen LogP contribution in [0.5, 0.6) is 11.6 Å². The quantitative estimate of drug-likeness (QED) is 0.280. The van der Waals surface area contributed by atoms with Gasteiger partial charge in [0.2, 0.25) is 11.8 Å². The molecule has 0 amide bonds. The number of rotatable bonds is 9. The molecule has 3 heterocycles. The predicted molar refractivity (Wildman–Crippen MR) is 156 cm³/mol. The molecule has 0 spiro atoms. The molecular weight excluding hydrogens is 510 g/mol. The number of benzene rings is 2. The smallest absolute Gasteiger partial charge is 0.228 e. The Hall–Kier alpha value is -3.56. The first-order chi connectivity index (χ1) is 18.8. The van der Waals surface area contributed by atoms with Crippen molar-refractivity contribution in [2.45, 2.75) is 51.8 Å². The number of ether oxygens (including phenoxy) is 1. The molecule has 2 aromatic heterocycles. The van der Waals surface area contributed by atoms with E-state index in [1.165, 1.54) is 0 Å². The number of nitrogens with zero attached hydrogens (tertiary/aromatic N) is 3. The summed E-state index contributed by atoms with van der Waals surface area (Å²) in [6.45, 7) is 7.77. The van der Waals surface area contributed by atoms with Crippen LogP contribution in [-0.2, 0) is 15.6 Å². The van der Waals surface area contributed by atoms with Crippen molar-refractivity contribution in [2.75, 3.05) is 24.2 Å². The molecule has 1 aliphatic heterocycles. The molecule has 0 radical (unpaired) electrons. The lowest BCUT2D eigenvalue weighted by Crippen LogP contribution is -2.38. The van der Waals surface area contributed by atoms with Gasteiger partial charge in [-0.3, -0.25) is 0 Å². The Morgan fingerprint density at radius 3 is 2.77 bits per heavy atom. The molecule has 9 heteroatoms. The SMILES string of the molecule is CCCS(=O)(=O)Cc1cccc2c(Oc3ncc(C)cc3-c3ccnc(N[C@H]4CCCNC4)n3)c(C)ccc12. The monoisotopic (exact) mass is 545 g/mol. The molecule has 204 valence electrons. The predicted octanol–water partition coefficient (Wildman–Crippen LogP) is 5.59.